The van der Waals surface area contributed by atoms with Gasteiger partial charge in [0.2, 0.25) is 5.91 Å². The first-order valence-corrected chi connectivity index (χ1v) is 9.60. The number of fused-ring (bicyclic) bond motifs is 1. The second-order valence-corrected chi connectivity index (χ2v) is 7.68. The SMILES string of the molecule is CCc1cc(C#N)c(NC(=O)CCn2cnc3ccc(Br)cc3c2=O)s1. The van der Waals surface area contributed by atoms with Crippen molar-refractivity contribution < 1.29 is 4.79 Å². The van der Waals surface area contributed by atoms with Crippen LogP contribution in [0.15, 0.2) is 39.9 Å². The van der Waals surface area contributed by atoms with Gasteiger partial charge in [0, 0.05) is 22.3 Å². The van der Waals surface area contributed by atoms with E-state index in [1.165, 1.54) is 22.2 Å². The highest BCUT2D eigenvalue weighted by Crippen LogP contribution is 2.28. The number of nitriles is 1. The van der Waals surface area contributed by atoms with E-state index in [1.54, 1.807) is 18.2 Å². The van der Waals surface area contributed by atoms with Crippen molar-refractivity contribution in [1.29, 1.82) is 5.26 Å². The lowest BCUT2D eigenvalue weighted by Gasteiger charge is -2.07. The summed E-state index contributed by atoms with van der Waals surface area (Å²) < 4.78 is 2.22. The van der Waals surface area contributed by atoms with Crippen LogP contribution in [0.5, 0.6) is 0 Å². The molecule has 0 bridgehead atoms. The van der Waals surface area contributed by atoms with Crippen molar-refractivity contribution in [3.8, 4) is 6.07 Å². The molecular weight excluding hydrogens is 416 g/mol. The average Bonchev–Trinajstić information content (AvgIpc) is 3.03. The summed E-state index contributed by atoms with van der Waals surface area (Å²) >= 11 is 4.75. The lowest BCUT2D eigenvalue weighted by molar-refractivity contribution is -0.116. The fourth-order valence-electron chi connectivity index (χ4n) is 2.49. The smallest absolute Gasteiger partial charge is 0.261 e. The van der Waals surface area contributed by atoms with Crippen LogP contribution < -0.4 is 10.9 Å². The number of rotatable bonds is 5. The van der Waals surface area contributed by atoms with E-state index in [4.69, 9.17) is 5.26 Å². The molecular formula is C18H15BrN4O2S. The molecule has 1 amide bonds. The number of aryl methyl sites for hydroxylation is 2. The highest BCUT2D eigenvalue weighted by Gasteiger charge is 2.12. The summed E-state index contributed by atoms with van der Waals surface area (Å²) in [7, 11) is 0. The fraction of sp³-hybridized carbons (Fsp3) is 0.222. The van der Waals surface area contributed by atoms with Crippen molar-refractivity contribution in [3.05, 3.63) is 55.9 Å². The number of aromatic nitrogens is 2. The molecule has 0 spiro atoms. The predicted octanol–water partition coefficient (Wildman–Crippen LogP) is 3.68. The van der Waals surface area contributed by atoms with E-state index >= 15 is 0 Å². The highest BCUT2D eigenvalue weighted by atomic mass is 79.9. The van der Waals surface area contributed by atoms with E-state index in [0.717, 1.165) is 15.8 Å². The van der Waals surface area contributed by atoms with Crippen LogP contribution in [0.4, 0.5) is 5.00 Å². The van der Waals surface area contributed by atoms with Gasteiger partial charge in [0.05, 0.1) is 22.8 Å². The summed E-state index contributed by atoms with van der Waals surface area (Å²) in [5, 5.41) is 13.0. The molecule has 1 N–H and O–H groups in total. The number of halogens is 1. The van der Waals surface area contributed by atoms with E-state index in [-0.39, 0.29) is 24.4 Å². The summed E-state index contributed by atoms with van der Waals surface area (Å²) in [6, 6.07) is 9.19. The average molecular weight is 431 g/mol. The van der Waals surface area contributed by atoms with Gasteiger partial charge in [-0.3, -0.25) is 14.2 Å². The molecule has 0 atom stereocenters. The summed E-state index contributed by atoms with van der Waals surface area (Å²) in [4.78, 5) is 30.0. The van der Waals surface area contributed by atoms with Gasteiger partial charge in [0.15, 0.2) is 0 Å². The minimum Gasteiger partial charge on any atom is -0.317 e. The molecule has 2 aromatic heterocycles. The Morgan fingerprint density at radius 2 is 2.23 bits per heavy atom. The number of amides is 1. The number of hydrogen-bond donors (Lipinski definition) is 1. The van der Waals surface area contributed by atoms with Crippen molar-refractivity contribution in [2.75, 3.05) is 5.32 Å². The maximum Gasteiger partial charge on any atom is 0.261 e. The van der Waals surface area contributed by atoms with Crippen molar-refractivity contribution in [2.45, 2.75) is 26.3 Å². The monoisotopic (exact) mass is 430 g/mol. The van der Waals surface area contributed by atoms with E-state index in [2.05, 4.69) is 32.3 Å². The Balaban J connectivity index is 1.73. The van der Waals surface area contributed by atoms with E-state index in [0.29, 0.717) is 21.5 Å². The topological polar surface area (TPSA) is 87.8 Å². The van der Waals surface area contributed by atoms with Crippen molar-refractivity contribution in [2.24, 2.45) is 0 Å². The van der Waals surface area contributed by atoms with Crippen molar-refractivity contribution in [3.63, 3.8) is 0 Å². The van der Waals surface area contributed by atoms with Crippen LogP contribution in [0, 0.1) is 11.3 Å². The standard InChI is InChI=1S/C18H15BrN4O2S/c1-2-13-7-11(9-20)17(26-13)22-16(24)5-6-23-10-21-15-4-3-12(19)8-14(15)18(23)25/h3-4,7-8,10H,2,5-6H2,1H3,(H,22,24). The van der Waals surface area contributed by atoms with Crippen molar-refractivity contribution >= 4 is 49.1 Å². The third kappa shape index (κ3) is 3.84. The zero-order chi connectivity index (χ0) is 18.7. The Morgan fingerprint density at radius 1 is 1.42 bits per heavy atom. The van der Waals surface area contributed by atoms with E-state index in [1.807, 2.05) is 13.0 Å². The third-order valence-electron chi connectivity index (χ3n) is 3.87. The molecule has 3 aromatic rings. The van der Waals surface area contributed by atoms with Gasteiger partial charge >= 0.3 is 0 Å². The van der Waals surface area contributed by atoms with Gasteiger partial charge in [-0.05, 0) is 30.7 Å². The van der Waals surface area contributed by atoms with Crippen LogP contribution in [-0.2, 0) is 17.8 Å². The maximum absolute atomic E-state index is 12.5. The summed E-state index contributed by atoms with van der Waals surface area (Å²) in [6.07, 6.45) is 2.38. The molecule has 0 radical (unpaired) electrons. The largest absolute Gasteiger partial charge is 0.317 e. The van der Waals surface area contributed by atoms with Crippen LogP contribution in [0.3, 0.4) is 0 Å². The maximum atomic E-state index is 12.5. The van der Waals surface area contributed by atoms with E-state index in [9.17, 15) is 9.59 Å². The normalized spacial score (nSPS) is 10.7. The first-order chi connectivity index (χ1) is 12.5. The molecule has 0 aliphatic carbocycles. The molecule has 0 unspecified atom stereocenters. The Kier molecular flexibility index (Phi) is 5.49. The molecule has 0 saturated heterocycles. The van der Waals surface area contributed by atoms with Gasteiger partial charge in [0.1, 0.15) is 11.1 Å². The molecule has 0 aliphatic heterocycles. The molecule has 6 nitrogen and oxygen atoms in total. The number of carbonyl (C=O) groups is 1. The first-order valence-electron chi connectivity index (χ1n) is 7.99. The van der Waals surface area contributed by atoms with Crippen LogP contribution in [0.1, 0.15) is 23.8 Å². The second kappa shape index (κ2) is 7.81. The van der Waals surface area contributed by atoms with Crippen LogP contribution in [0.2, 0.25) is 0 Å². The summed E-state index contributed by atoms with van der Waals surface area (Å²) in [6.45, 7) is 2.21. The van der Waals surface area contributed by atoms with Crippen LogP contribution in [0.25, 0.3) is 10.9 Å². The fourth-order valence-corrected chi connectivity index (χ4v) is 3.82. The van der Waals surface area contributed by atoms with Gasteiger partial charge < -0.3 is 5.32 Å². The Labute approximate surface area is 162 Å². The second-order valence-electron chi connectivity index (χ2n) is 5.62. The molecule has 1 aromatic carbocycles. The lowest BCUT2D eigenvalue weighted by Crippen LogP contribution is -2.23. The summed E-state index contributed by atoms with van der Waals surface area (Å²) in [5.74, 6) is -0.243. The Bertz CT molecular complexity index is 1080. The predicted molar refractivity (Wildman–Crippen MR) is 105 cm³/mol. The molecule has 3 rings (SSSR count). The molecule has 0 saturated carbocycles. The molecule has 2 heterocycles. The zero-order valence-electron chi connectivity index (χ0n) is 14.0. The minimum absolute atomic E-state index is 0.116. The number of nitrogens with zero attached hydrogens (tertiary/aromatic N) is 3. The number of hydrogen-bond acceptors (Lipinski definition) is 5. The Hall–Kier alpha value is -2.50. The quantitative estimate of drug-likeness (QED) is 0.668. The van der Waals surface area contributed by atoms with Crippen molar-refractivity contribution in [1.82, 2.24) is 9.55 Å². The van der Waals surface area contributed by atoms with Gasteiger partial charge in [-0.15, -0.1) is 11.3 Å². The molecule has 132 valence electrons. The first kappa shape index (κ1) is 18.3. The highest BCUT2D eigenvalue weighted by molar-refractivity contribution is 9.10. The zero-order valence-corrected chi connectivity index (χ0v) is 16.4. The minimum atomic E-state index is -0.243. The number of anilines is 1. The van der Waals surface area contributed by atoms with Crippen LogP contribution >= 0.6 is 27.3 Å². The molecule has 0 aliphatic rings. The molecule has 0 fully saturated rings. The van der Waals surface area contributed by atoms with Gasteiger partial charge in [0.25, 0.3) is 5.56 Å². The molecule has 8 heteroatoms. The van der Waals surface area contributed by atoms with Gasteiger partial charge in [-0.25, -0.2) is 4.98 Å². The number of thiophene rings is 1. The number of nitrogens with one attached hydrogen (secondary N) is 1. The Morgan fingerprint density at radius 3 is 2.96 bits per heavy atom. The molecule has 26 heavy (non-hydrogen) atoms. The third-order valence-corrected chi connectivity index (χ3v) is 5.56. The summed E-state index contributed by atoms with van der Waals surface area (Å²) in [5.41, 5.74) is 0.893. The number of carbonyl (C=O) groups excluding carboxylic acids is 1. The van der Waals surface area contributed by atoms with Gasteiger partial charge in [-0.2, -0.15) is 5.26 Å². The van der Waals surface area contributed by atoms with Crippen LogP contribution in [-0.4, -0.2) is 15.5 Å². The van der Waals surface area contributed by atoms with Gasteiger partial charge in [-0.1, -0.05) is 22.9 Å². The number of benzene rings is 1. The lowest BCUT2D eigenvalue weighted by atomic mass is 10.2. The van der Waals surface area contributed by atoms with E-state index < -0.39 is 0 Å².